The van der Waals surface area contributed by atoms with Gasteiger partial charge in [-0.25, -0.2) is 12.8 Å². The Labute approximate surface area is 150 Å². The lowest BCUT2D eigenvalue weighted by atomic mass is 10.1. The van der Waals surface area contributed by atoms with Gasteiger partial charge in [0.1, 0.15) is 28.3 Å². The standard InChI is InChI=1S/C17H18FN3O4S/c18-14-5-1-2-6-16(14)26(23,24)21-9-3-4-13(11-21)25-12-7-8-20-15(10-12)17(19)22/h1-2,5-8,10,13H,3-4,9,11H2,(H2,19,22). The van der Waals surface area contributed by atoms with Crippen LogP contribution in [0.2, 0.25) is 0 Å². The Kier molecular flexibility index (Phi) is 5.19. The van der Waals surface area contributed by atoms with Crippen LogP contribution in [0.15, 0.2) is 47.5 Å². The first-order chi connectivity index (χ1) is 12.4. The fourth-order valence-corrected chi connectivity index (χ4v) is 4.40. The van der Waals surface area contributed by atoms with E-state index in [0.29, 0.717) is 25.1 Å². The molecule has 1 aromatic carbocycles. The highest BCUT2D eigenvalue weighted by atomic mass is 32.2. The van der Waals surface area contributed by atoms with Crippen LogP contribution in [-0.2, 0) is 10.0 Å². The SMILES string of the molecule is NC(=O)c1cc(OC2CCCN(S(=O)(=O)c3ccccc3F)C2)ccn1. The predicted molar refractivity (Wildman–Crippen MR) is 91.6 cm³/mol. The van der Waals surface area contributed by atoms with E-state index in [-0.39, 0.29) is 17.1 Å². The molecule has 1 aliphatic heterocycles. The number of pyridine rings is 1. The normalized spacial score (nSPS) is 18.4. The Morgan fingerprint density at radius 1 is 1.31 bits per heavy atom. The molecule has 0 spiro atoms. The van der Waals surface area contributed by atoms with Gasteiger partial charge in [-0.3, -0.25) is 9.78 Å². The van der Waals surface area contributed by atoms with Gasteiger partial charge in [0.2, 0.25) is 10.0 Å². The molecule has 1 atom stereocenters. The van der Waals surface area contributed by atoms with Gasteiger partial charge in [0.05, 0.1) is 6.54 Å². The Hall–Kier alpha value is -2.52. The number of nitrogens with zero attached hydrogens (tertiary/aromatic N) is 2. The number of nitrogens with two attached hydrogens (primary N) is 1. The molecule has 2 aromatic rings. The van der Waals surface area contributed by atoms with E-state index in [1.807, 2.05) is 0 Å². The fraction of sp³-hybridized carbons (Fsp3) is 0.294. The van der Waals surface area contributed by atoms with Crippen molar-refractivity contribution >= 4 is 15.9 Å². The number of aromatic nitrogens is 1. The fourth-order valence-electron chi connectivity index (χ4n) is 2.82. The smallest absolute Gasteiger partial charge is 0.267 e. The molecule has 3 rings (SSSR count). The highest BCUT2D eigenvalue weighted by Gasteiger charge is 2.32. The summed E-state index contributed by atoms with van der Waals surface area (Å²) < 4.78 is 46.3. The summed E-state index contributed by atoms with van der Waals surface area (Å²) >= 11 is 0. The summed E-state index contributed by atoms with van der Waals surface area (Å²) in [6.45, 7) is 0.379. The van der Waals surface area contributed by atoms with E-state index in [2.05, 4.69) is 4.98 Å². The maximum atomic E-state index is 13.9. The lowest BCUT2D eigenvalue weighted by Gasteiger charge is -2.32. The molecule has 2 N–H and O–H groups in total. The van der Waals surface area contributed by atoms with Crippen LogP contribution in [0.3, 0.4) is 0 Å². The summed E-state index contributed by atoms with van der Waals surface area (Å²) in [5.41, 5.74) is 5.26. The lowest BCUT2D eigenvalue weighted by Crippen LogP contribution is -2.44. The van der Waals surface area contributed by atoms with Crippen molar-refractivity contribution in [3.8, 4) is 5.75 Å². The van der Waals surface area contributed by atoms with Crippen LogP contribution in [0.4, 0.5) is 4.39 Å². The minimum Gasteiger partial charge on any atom is -0.489 e. The first-order valence-corrected chi connectivity index (χ1v) is 9.49. The summed E-state index contributed by atoms with van der Waals surface area (Å²) in [4.78, 5) is 14.7. The number of rotatable bonds is 5. The molecule has 1 aromatic heterocycles. The Morgan fingerprint density at radius 3 is 2.81 bits per heavy atom. The first-order valence-electron chi connectivity index (χ1n) is 8.05. The third-order valence-corrected chi connectivity index (χ3v) is 5.98. The average Bonchev–Trinajstić information content (AvgIpc) is 2.62. The van der Waals surface area contributed by atoms with E-state index in [4.69, 9.17) is 10.5 Å². The van der Waals surface area contributed by atoms with Crippen LogP contribution in [0.1, 0.15) is 23.3 Å². The number of primary amides is 1. The van der Waals surface area contributed by atoms with Crippen molar-refractivity contribution in [2.45, 2.75) is 23.8 Å². The Bertz CT molecular complexity index is 920. The second-order valence-corrected chi connectivity index (χ2v) is 7.82. The van der Waals surface area contributed by atoms with E-state index in [0.717, 1.165) is 6.07 Å². The number of sulfonamides is 1. The van der Waals surface area contributed by atoms with Crippen molar-refractivity contribution < 1.29 is 22.3 Å². The number of hydrogen-bond acceptors (Lipinski definition) is 5. The number of carbonyl (C=O) groups excluding carboxylic acids is 1. The molecule has 2 heterocycles. The van der Waals surface area contributed by atoms with Crippen molar-refractivity contribution in [1.82, 2.24) is 9.29 Å². The Balaban J connectivity index is 1.76. The van der Waals surface area contributed by atoms with Crippen molar-refractivity contribution in [1.29, 1.82) is 0 Å². The molecule has 0 radical (unpaired) electrons. The van der Waals surface area contributed by atoms with Crippen LogP contribution >= 0.6 is 0 Å². The number of carbonyl (C=O) groups is 1. The molecule has 0 saturated carbocycles. The van der Waals surface area contributed by atoms with Crippen LogP contribution in [0.25, 0.3) is 0 Å². The van der Waals surface area contributed by atoms with E-state index in [1.54, 1.807) is 6.07 Å². The first kappa shape index (κ1) is 18.3. The van der Waals surface area contributed by atoms with Gasteiger partial charge in [0.25, 0.3) is 5.91 Å². The van der Waals surface area contributed by atoms with Gasteiger partial charge in [0.15, 0.2) is 0 Å². The second-order valence-electron chi connectivity index (χ2n) is 5.92. The summed E-state index contributed by atoms with van der Waals surface area (Å²) in [6.07, 6.45) is 2.18. The number of ether oxygens (including phenoxy) is 1. The van der Waals surface area contributed by atoms with Gasteiger partial charge in [-0.1, -0.05) is 12.1 Å². The molecule has 138 valence electrons. The number of halogens is 1. The average molecular weight is 379 g/mol. The molecule has 1 saturated heterocycles. The highest BCUT2D eigenvalue weighted by Crippen LogP contribution is 2.25. The van der Waals surface area contributed by atoms with Crippen molar-refractivity contribution in [2.75, 3.05) is 13.1 Å². The molecule has 0 aliphatic carbocycles. The van der Waals surface area contributed by atoms with Gasteiger partial charge in [-0.15, -0.1) is 0 Å². The molecule has 26 heavy (non-hydrogen) atoms. The zero-order valence-corrected chi connectivity index (χ0v) is 14.7. The maximum absolute atomic E-state index is 13.9. The Morgan fingerprint density at radius 2 is 2.08 bits per heavy atom. The van der Waals surface area contributed by atoms with Crippen LogP contribution in [0, 0.1) is 5.82 Å². The third kappa shape index (κ3) is 3.83. The van der Waals surface area contributed by atoms with Crippen LogP contribution in [-0.4, -0.2) is 42.8 Å². The van der Waals surface area contributed by atoms with E-state index in [9.17, 15) is 17.6 Å². The molecular weight excluding hydrogens is 361 g/mol. The van der Waals surface area contributed by atoms with E-state index in [1.165, 1.54) is 34.8 Å². The zero-order chi connectivity index (χ0) is 18.7. The number of amides is 1. The van der Waals surface area contributed by atoms with E-state index < -0.39 is 27.9 Å². The van der Waals surface area contributed by atoms with E-state index >= 15 is 0 Å². The largest absolute Gasteiger partial charge is 0.489 e. The molecule has 7 nitrogen and oxygen atoms in total. The molecule has 1 amide bonds. The molecule has 9 heteroatoms. The van der Waals surface area contributed by atoms with Crippen molar-refractivity contribution in [3.63, 3.8) is 0 Å². The monoisotopic (exact) mass is 379 g/mol. The van der Waals surface area contributed by atoms with Crippen molar-refractivity contribution in [2.24, 2.45) is 5.73 Å². The second kappa shape index (κ2) is 7.38. The van der Waals surface area contributed by atoms with Crippen LogP contribution in [0.5, 0.6) is 5.75 Å². The topological polar surface area (TPSA) is 103 Å². The number of piperidine rings is 1. The van der Waals surface area contributed by atoms with Gasteiger partial charge >= 0.3 is 0 Å². The zero-order valence-electron chi connectivity index (χ0n) is 13.8. The van der Waals surface area contributed by atoms with Gasteiger partial charge in [-0.2, -0.15) is 4.31 Å². The summed E-state index contributed by atoms with van der Waals surface area (Å²) in [7, 11) is -3.95. The summed E-state index contributed by atoms with van der Waals surface area (Å²) in [5.74, 6) is -1.08. The quantitative estimate of drug-likeness (QED) is 0.849. The molecular formula is C17H18FN3O4S. The molecule has 1 fully saturated rings. The van der Waals surface area contributed by atoms with Gasteiger partial charge in [0, 0.05) is 18.8 Å². The summed E-state index contributed by atoms with van der Waals surface area (Å²) in [6, 6.07) is 8.26. The molecule has 1 aliphatic rings. The van der Waals surface area contributed by atoms with Crippen molar-refractivity contribution in [3.05, 3.63) is 54.1 Å². The summed E-state index contributed by atoms with van der Waals surface area (Å²) in [5, 5.41) is 0. The van der Waals surface area contributed by atoms with Gasteiger partial charge < -0.3 is 10.5 Å². The highest BCUT2D eigenvalue weighted by molar-refractivity contribution is 7.89. The number of benzene rings is 1. The molecule has 0 bridgehead atoms. The lowest BCUT2D eigenvalue weighted by molar-refractivity contribution is 0.0993. The third-order valence-electron chi connectivity index (χ3n) is 4.08. The molecule has 1 unspecified atom stereocenters. The van der Waals surface area contributed by atoms with Crippen LogP contribution < -0.4 is 10.5 Å². The maximum Gasteiger partial charge on any atom is 0.267 e. The number of hydrogen-bond donors (Lipinski definition) is 1. The van der Waals surface area contributed by atoms with Gasteiger partial charge in [-0.05, 0) is 31.0 Å². The minimum absolute atomic E-state index is 0.0640. The minimum atomic E-state index is -3.95. The predicted octanol–water partition coefficient (Wildman–Crippen LogP) is 1.55.